The Kier molecular flexibility index (Phi) is 20.0. The van der Waals surface area contributed by atoms with Crippen LogP contribution < -0.4 is 21.3 Å². The van der Waals surface area contributed by atoms with E-state index in [0.29, 0.717) is 0 Å². The van der Waals surface area contributed by atoms with Crippen LogP contribution in [0.15, 0.2) is 71.8 Å². The van der Waals surface area contributed by atoms with Gasteiger partial charge in [0.15, 0.2) is 17.0 Å². The molecular formula is C60H76N4O23. The summed E-state index contributed by atoms with van der Waals surface area (Å²) in [7, 11) is 2.67. The fourth-order valence-electron chi connectivity index (χ4n) is 13.4. The summed E-state index contributed by atoms with van der Waals surface area (Å²) in [4.78, 5) is 147. The Morgan fingerprint density at radius 3 is 1.97 bits per heavy atom. The minimum Gasteiger partial charge on any atom is -0.481 e. The van der Waals surface area contributed by atoms with Crippen molar-refractivity contribution in [3.05, 3.63) is 82.9 Å². The number of amides is 4. The first-order chi connectivity index (χ1) is 40.9. The molecule has 1 heterocycles. The Hall–Kier alpha value is -8.01. The van der Waals surface area contributed by atoms with E-state index in [1.165, 1.54) is 45.4 Å². The Labute approximate surface area is 500 Å². The molecule has 474 valence electrons. The number of carbonyl (C=O) groups is 11. The number of rotatable bonds is 26. The van der Waals surface area contributed by atoms with Gasteiger partial charge in [-0.25, -0.2) is 28.8 Å². The highest BCUT2D eigenvalue weighted by molar-refractivity contribution is 5.97. The molecule has 14 atom stereocenters. The average molecular weight is 1220 g/mol. The molecule has 0 radical (unpaired) electrons. The predicted octanol–water partition coefficient (Wildman–Crippen LogP) is 3.62. The van der Waals surface area contributed by atoms with E-state index < -0.39 is 186 Å². The fourth-order valence-corrected chi connectivity index (χ4v) is 13.4. The number of carboxylic acids is 3. The number of fused-ring (bicyclic) bond motifs is 5. The number of ether oxygens (including phenoxy) is 8. The SMILES string of the molecule is CO[C@H]1C(=O)[C@]2(C)[C@@H](OC)C[C@H]3OC[C@@]3(OC(C)=O)[C@H]2[C@@]2(OC(=O)c3ccccc3)[C@]3(O)C[C@H](OC(=O)[C@H](OC(=O)CCC(=O)NCCCC[C@H](NC(=O)N[C@@H](CCC(=O)O)C(=O)O)C(=O)O)[C@@H](NC(=O)OC(C)(C)C)c4ccccc4)C(C)=C1[C@@]32C. The van der Waals surface area contributed by atoms with Gasteiger partial charge in [-0.05, 0) is 96.1 Å². The molecule has 27 heteroatoms. The summed E-state index contributed by atoms with van der Waals surface area (Å²) < 4.78 is 49.2. The van der Waals surface area contributed by atoms with Crippen LogP contribution in [0.5, 0.6) is 0 Å². The average Bonchev–Trinajstić information content (AvgIpc) is 1.43. The van der Waals surface area contributed by atoms with E-state index >= 15 is 9.59 Å². The van der Waals surface area contributed by atoms with Crippen molar-refractivity contribution in [1.29, 1.82) is 0 Å². The van der Waals surface area contributed by atoms with Crippen LogP contribution in [-0.2, 0) is 76.3 Å². The molecule has 2 aromatic carbocycles. The highest BCUT2D eigenvalue weighted by atomic mass is 16.6. The number of hydrogen-bond acceptors (Lipinski definition) is 20. The molecule has 5 aliphatic rings. The summed E-state index contributed by atoms with van der Waals surface area (Å²) in [5, 5.41) is 51.2. The maximum Gasteiger partial charge on any atom is 0.408 e. The molecule has 4 amide bonds. The topological polar surface area (TPSA) is 391 Å². The highest BCUT2D eigenvalue weighted by Gasteiger charge is 2.99. The van der Waals surface area contributed by atoms with Crippen molar-refractivity contribution in [2.24, 2.45) is 16.7 Å². The summed E-state index contributed by atoms with van der Waals surface area (Å²) in [6, 6.07) is 9.92. The number of aliphatic hydroxyl groups is 1. The number of urea groups is 1. The Balaban J connectivity index is 1.17. The number of carbonyl (C=O) groups excluding carboxylic acids is 8. The van der Waals surface area contributed by atoms with E-state index in [2.05, 4.69) is 16.0 Å². The molecule has 3 saturated carbocycles. The lowest BCUT2D eigenvalue weighted by Crippen LogP contribution is -2.79. The molecule has 4 aliphatic carbocycles. The van der Waals surface area contributed by atoms with Crippen molar-refractivity contribution in [2.45, 2.75) is 177 Å². The first-order valence-corrected chi connectivity index (χ1v) is 28.5. The smallest absolute Gasteiger partial charge is 0.408 e. The number of Topliss-reactive ketones (excluding diaryl/α,β-unsaturated/α-hetero) is 1. The molecule has 27 nitrogen and oxygen atoms in total. The van der Waals surface area contributed by atoms with Crippen molar-refractivity contribution in [3.8, 4) is 0 Å². The van der Waals surface area contributed by atoms with Crippen molar-refractivity contribution in [2.75, 3.05) is 27.4 Å². The number of hydrogen-bond donors (Lipinski definition) is 8. The summed E-state index contributed by atoms with van der Waals surface area (Å²) in [6.45, 7) is 10.4. The van der Waals surface area contributed by atoms with Crippen LogP contribution in [0.3, 0.4) is 0 Å². The van der Waals surface area contributed by atoms with Crippen LogP contribution >= 0.6 is 0 Å². The minimum absolute atomic E-state index is 0.0382. The quantitative estimate of drug-likeness (QED) is 0.0288. The van der Waals surface area contributed by atoms with Crippen molar-refractivity contribution < 1.29 is 111 Å². The van der Waals surface area contributed by atoms with E-state index in [4.69, 9.17) is 43.0 Å². The second-order valence-corrected chi connectivity index (χ2v) is 23.8. The molecular weight excluding hydrogens is 1140 g/mol. The third-order valence-electron chi connectivity index (χ3n) is 17.4. The van der Waals surface area contributed by atoms with Crippen LogP contribution in [0.25, 0.3) is 0 Å². The predicted molar refractivity (Wildman–Crippen MR) is 298 cm³/mol. The minimum atomic E-state index is -2.30. The number of methoxy groups -OCH3 is 2. The zero-order valence-corrected chi connectivity index (χ0v) is 49.8. The zero-order chi connectivity index (χ0) is 64.2. The van der Waals surface area contributed by atoms with Crippen LogP contribution in [-0.4, -0.2) is 178 Å². The number of esters is 4. The van der Waals surface area contributed by atoms with Crippen LogP contribution in [0, 0.1) is 16.7 Å². The summed E-state index contributed by atoms with van der Waals surface area (Å²) >= 11 is 0. The molecule has 8 N–H and O–H groups in total. The molecule has 0 bridgehead atoms. The Bertz CT molecular complexity index is 3040. The Morgan fingerprint density at radius 1 is 0.793 bits per heavy atom. The summed E-state index contributed by atoms with van der Waals surface area (Å²) in [6.07, 6.45) is -10.7. The van der Waals surface area contributed by atoms with Crippen molar-refractivity contribution in [1.82, 2.24) is 21.3 Å². The zero-order valence-electron chi connectivity index (χ0n) is 49.8. The summed E-state index contributed by atoms with van der Waals surface area (Å²) in [5.74, 6) is -11.1. The number of unbranched alkanes of at least 4 members (excludes halogenated alkanes) is 1. The fraction of sp³-hybridized carbons (Fsp3) is 0.583. The number of nitrogens with one attached hydrogen (secondary N) is 4. The largest absolute Gasteiger partial charge is 0.481 e. The maximum absolute atomic E-state index is 15.8. The lowest BCUT2D eigenvalue weighted by atomic mass is 9.51. The van der Waals surface area contributed by atoms with E-state index in [9.17, 15) is 58.5 Å². The summed E-state index contributed by atoms with van der Waals surface area (Å²) in [5.41, 5.74) is -10.3. The van der Waals surface area contributed by atoms with Gasteiger partial charge in [0.2, 0.25) is 12.0 Å². The third kappa shape index (κ3) is 12.9. The normalized spacial score (nSPS) is 28.9. The van der Waals surface area contributed by atoms with Gasteiger partial charge in [-0.15, -0.1) is 0 Å². The van der Waals surface area contributed by atoms with Crippen molar-refractivity contribution >= 4 is 65.6 Å². The molecule has 1 saturated heterocycles. The van der Waals surface area contributed by atoms with E-state index in [-0.39, 0.29) is 61.1 Å². The second-order valence-electron chi connectivity index (χ2n) is 23.8. The van der Waals surface area contributed by atoms with Gasteiger partial charge in [0.05, 0.1) is 41.4 Å². The third-order valence-corrected chi connectivity index (χ3v) is 17.4. The van der Waals surface area contributed by atoms with E-state index in [1.807, 2.05) is 5.32 Å². The van der Waals surface area contributed by atoms with E-state index in [1.54, 1.807) is 77.9 Å². The first-order valence-electron chi connectivity index (χ1n) is 28.5. The van der Waals surface area contributed by atoms with Gasteiger partial charge in [-0.3, -0.25) is 24.0 Å². The molecule has 0 aromatic heterocycles. The van der Waals surface area contributed by atoms with Crippen LogP contribution in [0.4, 0.5) is 9.59 Å². The number of alkyl carbamates (subject to hydrolysis) is 1. The molecule has 2 aromatic rings. The van der Waals surface area contributed by atoms with Gasteiger partial charge in [0.25, 0.3) is 0 Å². The molecule has 0 spiro atoms. The van der Waals surface area contributed by atoms with Gasteiger partial charge in [0.1, 0.15) is 47.6 Å². The number of ketones is 1. The van der Waals surface area contributed by atoms with Crippen LogP contribution in [0.1, 0.15) is 128 Å². The molecule has 4 fully saturated rings. The Morgan fingerprint density at radius 2 is 1.41 bits per heavy atom. The first kappa shape index (κ1) is 66.5. The number of carboxylic acid groups (broad SMARTS) is 3. The van der Waals surface area contributed by atoms with Gasteiger partial charge in [0, 0.05) is 53.4 Å². The number of benzene rings is 2. The van der Waals surface area contributed by atoms with Gasteiger partial charge in [-0.2, -0.15) is 0 Å². The van der Waals surface area contributed by atoms with Crippen LogP contribution in [0.2, 0.25) is 0 Å². The standard InChI is InChI=1S/C60H76N4O23/c1-31-37(29-59(79)57(7)43(31)45(81-9)47(70)56(6)38(80-8)28-39-58(30-82-39,85-32(2)65)52(56)60(57,59)86-50(75)34-20-14-11-15-21-34)83-51(76)46(44(33-18-12-10-13-19-33)64-54(78)87-55(3,4)5)84-42(69)26-24-40(66)61-27-17-16-22-35(48(71)72)62-53(77)63-36(49(73)74)23-25-41(67)68/h10-15,18-21,35-39,44-46,52,79H,16-17,22-30H2,1-9H3,(H,61,66)(H,64,78)(H,67,68)(H,71,72)(H,73,74)(H2,62,63,77)/t35-,36-,37-,38-,39+,44-,45+,46+,52-,56-,57-,58-,59-,60-/m0/s1. The highest BCUT2D eigenvalue weighted by Crippen LogP contribution is 2.84. The molecule has 7 rings (SSSR count). The lowest BCUT2D eigenvalue weighted by molar-refractivity contribution is -0.338. The van der Waals surface area contributed by atoms with Gasteiger partial charge < -0.3 is 79.6 Å². The van der Waals surface area contributed by atoms with Gasteiger partial charge in [-0.1, -0.05) is 48.5 Å². The lowest BCUT2D eigenvalue weighted by Gasteiger charge is -2.64. The second kappa shape index (κ2) is 26.1. The number of aliphatic carboxylic acids is 3. The van der Waals surface area contributed by atoms with Crippen molar-refractivity contribution in [3.63, 3.8) is 0 Å². The maximum atomic E-state index is 15.8. The molecule has 0 unspecified atom stereocenters. The van der Waals surface area contributed by atoms with E-state index in [0.717, 1.165) is 0 Å². The molecule has 1 aliphatic heterocycles. The monoisotopic (exact) mass is 1220 g/mol. The molecule has 87 heavy (non-hydrogen) atoms. The van der Waals surface area contributed by atoms with Gasteiger partial charge >= 0.3 is 53.9 Å².